The molecule has 0 bridgehead atoms. The molecule has 0 aliphatic heterocycles. The zero-order valence-corrected chi connectivity index (χ0v) is 12.0. The maximum Gasteiger partial charge on any atom is 0.224 e. The molecule has 3 N–H and O–H groups in total. The Morgan fingerprint density at radius 2 is 2.18 bits per heavy atom. The Hall–Kier alpha value is -0.880. The van der Waals surface area contributed by atoms with Gasteiger partial charge in [-0.25, -0.2) is 4.98 Å². The second-order valence-electron chi connectivity index (χ2n) is 4.15. The molecule has 0 radical (unpaired) electrons. The van der Waals surface area contributed by atoms with E-state index in [1.54, 1.807) is 13.2 Å². The summed E-state index contributed by atoms with van der Waals surface area (Å²) in [5, 5.41) is 15.3. The first-order chi connectivity index (χ1) is 8.08. The monoisotopic (exact) mass is 302 g/mol. The molecule has 17 heavy (non-hydrogen) atoms. The van der Waals surface area contributed by atoms with Crippen LogP contribution in [0.5, 0.6) is 0 Å². The highest BCUT2D eigenvalue weighted by molar-refractivity contribution is 9.10. The van der Waals surface area contributed by atoms with Crippen LogP contribution in [0.3, 0.4) is 0 Å². The summed E-state index contributed by atoms with van der Waals surface area (Å²) >= 11 is 3.41. The fraction of sp³-hybridized carbons (Fsp3) is 0.636. The van der Waals surface area contributed by atoms with Gasteiger partial charge in [-0.3, -0.25) is 0 Å². The third kappa shape index (κ3) is 4.12. The number of nitrogens with one attached hydrogen (secondary N) is 2. The Morgan fingerprint density at radius 3 is 2.71 bits per heavy atom. The highest BCUT2D eigenvalue weighted by atomic mass is 79.9. The van der Waals surface area contributed by atoms with E-state index in [-0.39, 0.29) is 12.6 Å². The van der Waals surface area contributed by atoms with Crippen molar-refractivity contribution in [3.8, 4) is 0 Å². The average molecular weight is 303 g/mol. The molecule has 0 fully saturated rings. The number of anilines is 2. The minimum absolute atomic E-state index is 0.164. The van der Waals surface area contributed by atoms with Crippen LogP contribution in [0.1, 0.15) is 20.3 Å². The van der Waals surface area contributed by atoms with Crippen LogP contribution in [0, 0.1) is 5.92 Å². The lowest BCUT2D eigenvalue weighted by molar-refractivity contribution is 0.267. The van der Waals surface area contributed by atoms with E-state index in [0.717, 1.165) is 10.3 Å². The van der Waals surface area contributed by atoms with Gasteiger partial charge in [0, 0.05) is 25.9 Å². The molecule has 0 amide bonds. The van der Waals surface area contributed by atoms with Crippen LogP contribution in [0.25, 0.3) is 0 Å². The van der Waals surface area contributed by atoms with E-state index >= 15 is 0 Å². The van der Waals surface area contributed by atoms with Gasteiger partial charge in [0.25, 0.3) is 0 Å². The summed E-state index contributed by atoms with van der Waals surface area (Å²) in [5.74, 6) is 1.74. The molecule has 1 unspecified atom stereocenters. The molecule has 96 valence electrons. The Labute approximate surface area is 110 Å². The zero-order chi connectivity index (χ0) is 12.8. The van der Waals surface area contributed by atoms with E-state index in [4.69, 9.17) is 5.11 Å². The molecule has 1 aromatic heterocycles. The molecule has 0 aliphatic rings. The summed E-state index contributed by atoms with van der Waals surface area (Å²) in [6.45, 7) is 4.39. The maximum absolute atomic E-state index is 9.04. The molecule has 0 saturated carbocycles. The Bertz CT molecular complexity index is 359. The summed E-state index contributed by atoms with van der Waals surface area (Å²) in [4.78, 5) is 8.43. The van der Waals surface area contributed by atoms with Crippen molar-refractivity contribution in [2.24, 2.45) is 5.92 Å². The molecule has 0 saturated heterocycles. The van der Waals surface area contributed by atoms with Crippen molar-refractivity contribution in [1.29, 1.82) is 0 Å². The first-order valence-electron chi connectivity index (χ1n) is 5.66. The smallest absolute Gasteiger partial charge is 0.224 e. The van der Waals surface area contributed by atoms with Gasteiger partial charge in [0.1, 0.15) is 5.82 Å². The maximum atomic E-state index is 9.04. The third-order valence-corrected chi connectivity index (χ3v) is 3.11. The van der Waals surface area contributed by atoms with Crippen molar-refractivity contribution in [1.82, 2.24) is 9.97 Å². The molecule has 5 nitrogen and oxygen atoms in total. The van der Waals surface area contributed by atoms with E-state index in [1.165, 1.54) is 0 Å². The van der Waals surface area contributed by atoms with Crippen molar-refractivity contribution in [2.75, 3.05) is 24.3 Å². The number of nitrogens with zero attached hydrogens (tertiary/aromatic N) is 2. The van der Waals surface area contributed by atoms with Crippen LogP contribution in [0.15, 0.2) is 10.7 Å². The lowest BCUT2D eigenvalue weighted by atomic mass is 10.0. The number of aromatic nitrogens is 2. The summed E-state index contributed by atoms with van der Waals surface area (Å²) in [6.07, 6.45) is 2.40. The molecule has 1 rings (SSSR count). The van der Waals surface area contributed by atoms with Gasteiger partial charge < -0.3 is 15.7 Å². The minimum atomic E-state index is 0.164. The third-order valence-electron chi connectivity index (χ3n) is 2.53. The van der Waals surface area contributed by atoms with Gasteiger partial charge >= 0.3 is 0 Å². The number of hydrogen-bond donors (Lipinski definition) is 3. The summed E-state index contributed by atoms with van der Waals surface area (Å²) < 4.78 is 0.820. The van der Waals surface area contributed by atoms with Gasteiger partial charge in [0.15, 0.2) is 0 Å². The van der Waals surface area contributed by atoms with E-state index < -0.39 is 0 Å². The molecular weight excluding hydrogens is 284 g/mol. The van der Waals surface area contributed by atoms with Crippen LogP contribution in [-0.2, 0) is 0 Å². The van der Waals surface area contributed by atoms with E-state index in [9.17, 15) is 0 Å². The molecule has 1 heterocycles. The fourth-order valence-corrected chi connectivity index (χ4v) is 1.78. The number of halogens is 1. The van der Waals surface area contributed by atoms with Crippen LogP contribution < -0.4 is 10.6 Å². The van der Waals surface area contributed by atoms with Crippen molar-refractivity contribution in [2.45, 2.75) is 26.3 Å². The van der Waals surface area contributed by atoms with E-state index in [1.807, 2.05) is 0 Å². The Kier molecular flexibility index (Phi) is 5.64. The topological polar surface area (TPSA) is 70.1 Å². The normalized spacial score (nSPS) is 12.6. The van der Waals surface area contributed by atoms with Crippen LogP contribution in [-0.4, -0.2) is 34.8 Å². The highest BCUT2D eigenvalue weighted by Crippen LogP contribution is 2.23. The van der Waals surface area contributed by atoms with Gasteiger partial charge in [-0.15, -0.1) is 0 Å². The van der Waals surface area contributed by atoms with E-state index in [2.05, 4.69) is 50.4 Å². The Balaban J connectivity index is 2.84. The molecule has 1 aromatic rings. The largest absolute Gasteiger partial charge is 0.396 e. The lowest BCUT2D eigenvalue weighted by Crippen LogP contribution is -2.27. The number of aliphatic hydroxyl groups is 1. The van der Waals surface area contributed by atoms with Crippen molar-refractivity contribution in [3.05, 3.63) is 10.7 Å². The summed E-state index contributed by atoms with van der Waals surface area (Å²) in [6, 6.07) is 0.191. The molecule has 6 heteroatoms. The second-order valence-corrected chi connectivity index (χ2v) is 5.00. The lowest BCUT2D eigenvalue weighted by Gasteiger charge is -2.22. The Morgan fingerprint density at radius 1 is 1.47 bits per heavy atom. The number of hydrogen-bond acceptors (Lipinski definition) is 5. The summed E-state index contributed by atoms with van der Waals surface area (Å²) in [7, 11) is 1.78. The quantitative estimate of drug-likeness (QED) is 0.751. The predicted octanol–water partition coefficient (Wildman–Crippen LogP) is 2.10. The SMILES string of the molecule is CNc1ncc(Br)c(NC(CCO)C(C)C)n1. The molecule has 1 atom stereocenters. The standard InChI is InChI=1S/C11H19BrN4O/c1-7(2)9(4-5-17)15-10-8(12)6-14-11(13-3)16-10/h6-7,9,17H,4-5H2,1-3H3,(H2,13,14,15,16). The molecular formula is C11H19BrN4O. The second kappa shape index (κ2) is 6.76. The fourth-order valence-electron chi connectivity index (χ4n) is 1.48. The summed E-state index contributed by atoms with van der Waals surface area (Å²) in [5.41, 5.74) is 0. The van der Waals surface area contributed by atoms with Gasteiger partial charge in [0.2, 0.25) is 5.95 Å². The average Bonchev–Trinajstić information content (AvgIpc) is 2.31. The number of rotatable bonds is 6. The van der Waals surface area contributed by atoms with Crippen molar-refractivity contribution < 1.29 is 5.11 Å². The molecule has 0 spiro atoms. The predicted molar refractivity (Wildman–Crippen MR) is 73.2 cm³/mol. The van der Waals surface area contributed by atoms with Crippen LogP contribution in [0.4, 0.5) is 11.8 Å². The highest BCUT2D eigenvalue weighted by Gasteiger charge is 2.15. The van der Waals surface area contributed by atoms with Gasteiger partial charge in [0.05, 0.1) is 4.47 Å². The van der Waals surface area contributed by atoms with Crippen molar-refractivity contribution >= 4 is 27.7 Å². The van der Waals surface area contributed by atoms with Gasteiger partial charge in [-0.1, -0.05) is 13.8 Å². The van der Waals surface area contributed by atoms with Gasteiger partial charge in [-0.05, 0) is 28.3 Å². The zero-order valence-electron chi connectivity index (χ0n) is 10.4. The van der Waals surface area contributed by atoms with E-state index in [0.29, 0.717) is 18.3 Å². The molecule has 0 aromatic carbocycles. The minimum Gasteiger partial charge on any atom is -0.396 e. The van der Waals surface area contributed by atoms with Crippen molar-refractivity contribution in [3.63, 3.8) is 0 Å². The molecule has 0 aliphatic carbocycles. The van der Waals surface area contributed by atoms with Crippen LogP contribution in [0.2, 0.25) is 0 Å². The van der Waals surface area contributed by atoms with Crippen LogP contribution >= 0.6 is 15.9 Å². The first kappa shape index (κ1) is 14.2. The first-order valence-corrected chi connectivity index (χ1v) is 6.45. The van der Waals surface area contributed by atoms with Gasteiger partial charge in [-0.2, -0.15) is 4.98 Å². The number of aliphatic hydroxyl groups excluding tert-OH is 1.